The highest BCUT2D eigenvalue weighted by Gasteiger charge is 2.24. The fourth-order valence-electron chi connectivity index (χ4n) is 3.30. The van der Waals surface area contributed by atoms with Crippen molar-refractivity contribution in [2.24, 2.45) is 0 Å². The van der Waals surface area contributed by atoms with Gasteiger partial charge in [0.15, 0.2) is 11.6 Å². The molecule has 0 saturated heterocycles. The van der Waals surface area contributed by atoms with E-state index in [0.29, 0.717) is 0 Å². The van der Waals surface area contributed by atoms with Crippen LogP contribution >= 0.6 is 0 Å². The van der Waals surface area contributed by atoms with Crippen molar-refractivity contribution >= 4 is 11.6 Å². The first kappa shape index (κ1) is 16.6. The summed E-state index contributed by atoms with van der Waals surface area (Å²) in [7, 11) is 1.91. The minimum absolute atomic E-state index is 0.192. The Labute approximate surface area is 140 Å². The monoisotopic (exact) mass is 330 g/mol. The van der Waals surface area contributed by atoms with Crippen LogP contribution in [0.3, 0.4) is 0 Å². The summed E-state index contributed by atoms with van der Waals surface area (Å²) in [6.07, 6.45) is 3.17. The lowest BCUT2D eigenvalue weighted by molar-refractivity contribution is -0.117. The highest BCUT2D eigenvalue weighted by Crippen LogP contribution is 2.33. The largest absolute Gasteiger partial charge is 0.325 e. The quantitative estimate of drug-likeness (QED) is 0.922. The first-order valence-electron chi connectivity index (χ1n) is 8.07. The summed E-state index contributed by atoms with van der Waals surface area (Å²) in [6, 6.07) is 11.9. The second-order valence-corrected chi connectivity index (χ2v) is 6.20. The molecule has 0 saturated carbocycles. The molecule has 1 amide bonds. The predicted molar refractivity (Wildman–Crippen MR) is 89.7 cm³/mol. The first-order chi connectivity index (χ1) is 11.5. The summed E-state index contributed by atoms with van der Waals surface area (Å²) in [5.74, 6) is -2.14. The van der Waals surface area contributed by atoms with Crippen LogP contribution in [0.15, 0.2) is 42.5 Å². The molecule has 1 atom stereocenters. The van der Waals surface area contributed by atoms with E-state index >= 15 is 0 Å². The molecule has 0 spiro atoms. The molecule has 0 heterocycles. The van der Waals surface area contributed by atoms with Gasteiger partial charge in [-0.05, 0) is 49.6 Å². The maximum atomic E-state index is 13.2. The average Bonchev–Trinajstić information content (AvgIpc) is 2.57. The van der Waals surface area contributed by atoms with Gasteiger partial charge in [-0.1, -0.05) is 24.3 Å². The zero-order chi connectivity index (χ0) is 17.1. The third-order valence-corrected chi connectivity index (χ3v) is 4.47. The van der Waals surface area contributed by atoms with E-state index in [9.17, 15) is 13.6 Å². The van der Waals surface area contributed by atoms with Gasteiger partial charge in [0.25, 0.3) is 0 Å². The first-order valence-corrected chi connectivity index (χ1v) is 8.07. The van der Waals surface area contributed by atoms with Gasteiger partial charge in [0.2, 0.25) is 5.91 Å². The van der Waals surface area contributed by atoms with E-state index in [4.69, 9.17) is 0 Å². The lowest BCUT2D eigenvalue weighted by Gasteiger charge is -2.32. The van der Waals surface area contributed by atoms with Crippen LogP contribution in [0.1, 0.15) is 30.0 Å². The Morgan fingerprint density at radius 2 is 2.00 bits per heavy atom. The molecule has 3 nitrogen and oxygen atoms in total. The number of halogens is 2. The van der Waals surface area contributed by atoms with Gasteiger partial charge >= 0.3 is 0 Å². The molecular weight excluding hydrogens is 310 g/mol. The number of rotatable bonds is 4. The zero-order valence-corrected chi connectivity index (χ0v) is 13.6. The number of carbonyl (C=O) groups excluding carboxylic acids is 1. The van der Waals surface area contributed by atoms with E-state index in [1.165, 1.54) is 17.2 Å². The van der Waals surface area contributed by atoms with Gasteiger partial charge in [-0.3, -0.25) is 9.69 Å². The maximum absolute atomic E-state index is 13.2. The predicted octanol–water partition coefficient (Wildman–Crippen LogP) is 3.91. The average molecular weight is 330 g/mol. The van der Waals surface area contributed by atoms with Crippen molar-refractivity contribution < 1.29 is 13.6 Å². The van der Waals surface area contributed by atoms with Gasteiger partial charge in [-0.25, -0.2) is 8.78 Å². The molecule has 1 aliphatic carbocycles. The lowest BCUT2D eigenvalue weighted by atomic mass is 9.87. The number of hydrogen-bond acceptors (Lipinski definition) is 2. The Morgan fingerprint density at radius 3 is 2.79 bits per heavy atom. The number of amides is 1. The molecule has 0 radical (unpaired) electrons. The highest BCUT2D eigenvalue weighted by molar-refractivity contribution is 5.92. The Hall–Kier alpha value is -2.27. The number of anilines is 1. The third-order valence-electron chi connectivity index (χ3n) is 4.47. The zero-order valence-electron chi connectivity index (χ0n) is 13.6. The molecule has 2 aromatic carbocycles. The molecule has 2 aromatic rings. The van der Waals surface area contributed by atoms with Crippen LogP contribution in [-0.2, 0) is 11.2 Å². The normalized spacial score (nSPS) is 16.8. The molecule has 1 aliphatic rings. The molecule has 1 N–H and O–H groups in total. The number of nitrogens with one attached hydrogen (secondary N) is 1. The van der Waals surface area contributed by atoms with E-state index in [-0.39, 0.29) is 24.2 Å². The number of hydrogen-bond donors (Lipinski definition) is 1. The van der Waals surface area contributed by atoms with Crippen molar-refractivity contribution in [2.75, 3.05) is 18.9 Å². The van der Waals surface area contributed by atoms with Crippen LogP contribution in [0.2, 0.25) is 0 Å². The number of aryl methyl sites for hydroxylation is 1. The lowest BCUT2D eigenvalue weighted by Crippen LogP contribution is -2.34. The number of likely N-dealkylation sites (N-methyl/N-ethyl adjacent to an activating group) is 1. The maximum Gasteiger partial charge on any atom is 0.238 e. The second kappa shape index (κ2) is 7.09. The Bertz CT molecular complexity index is 748. The van der Waals surface area contributed by atoms with E-state index < -0.39 is 11.6 Å². The van der Waals surface area contributed by atoms with Crippen molar-refractivity contribution in [3.63, 3.8) is 0 Å². The number of nitrogens with zero attached hydrogens (tertiary/aromatic N) is 1. The summed E-state index contributed by atoms with van der Waals surface area (Å²) < 4.78 is 26.1. The molecule has 24 heavy (non-hydrogen) atoms. The van der Waals surface area contributed by atoms with Crippen LogP contribution in [0.5, 0.6) is 0 Å². The Balaban J connectivity index is 1.65. The van der Waals surface area contributed by atoms with Crippen molar-refractivity contribution in [3.05, 3.63) is 65.2 Å². The van der Waals surface area contributed by atoms with E-state index in [0.717, 1.165) is 31.4 Å². The number of benzene rings is 2. The summed E-state index contributed by atoms with van der Waals surface area (Å²) in [5.41, 5.74) is 2.87. The number of carbonyl (C=O) groups is 1. The molecule has 126 valence electrons. The fourth-order valence-corrected chi connectivity index (χ4v) is 3.30. The summed E-state index contributed by atoms with van der Waals surface area (Å²) in [4.78, 5) is 14.2. The second-order valence-electron chi connectivity index (χ2n) is 6.20. The van der Waals surface area contributed by atoms with E-state index in [2.05, 4.69) is 17.4 Å². The van der Waals surface area contributed by atoms with Crippen LogP contribution in [0.25, 0.3) is 0 Å². The molecule has 3 rings (SSSR count). The Kier molecular flexibility index (Phi) is 4.90. The summed E-state index contributed by atoms with van der Waals surface area (Å²) in [5, 5.41) is 2.62. The van der Waals surface area contributed by atoms with Crippen LogP contribution in [0, 0.1) is 11.6 Å². The fraction of sp³-hybridized carbons (Fsp3) is 0.316. The smallest absolute Gasteiger partial charge is 0.238 e. The molecule has 0 aliphatic heterocycles. The van der Waals surface area contributed by atoms with Crippen molar-refractivity contribution in [1.29, 1.82) is 0 Å². The summed E-state index contributed by atoms with van der Waals surface area (Å²) in [6.45, 7) is 0.192. The van der Waals surface area contributed by atoms with Gasteiger partial charge in [-0.2, -0.15) is 0 Å². The minimum Gasteiger partial charge on any atom is -0.325 e. The van der Waals surface area contributed by atoms with Crippen molar-refractivity contribution in [3.8, 4) is 0 Å². The third kappa shape index (κ3) is 3.62. The topological polar surface area (TPSA) is 32.3 Å². The van der Waals surface area contributed by atoms with Crippen LogP contribution in [-0.4, -0.2) is 24.4 Å². The number of fused-ring (bicyclic) bond motifs is 1. The molecule has 0 bridgehead atoms. The van der Waals surface area contributed by atoms with Crippen molar-refractivity contribution in [2.45, 2.75) is 25.3 Å². The van der Waals surface area contributed by atoms with Gasteiger partial charge in [0.1, 0.15) is 0 Å². The minimum atomic E-state index is -0.970. The highest BCUT2D eigenvalue weighted by atomic mass is 19.2. The van der Waals surface area contributed by atoms with Gasteiger partial charge in [-0.15, -0.1) is 0 Å². The van der Waals surface area contributed by atoms with E-state index in [1.54, 1.807) is 0 Å². The molecule has 0 fully saturated rings. The SMILES string of the molecule is CN(CC(=O)Nc1ccc(F)c(F)c1)[C@@H]1CCCc2ccccc21. The van der Waals surface area contributed by atoms with Crippen LogP contribution in [0.4, 0.5) is 14.5 Å². The van der Waals surface area contributed by atoms with Gasteiger partial charge in [0, 0.05) is 17.8 Å². The van der Waals surface area contributed by atoms with Crippen molar-refractivity contribution in [1.82, 2.24) is 4.90 Å². The van der Waals surface area contributed by atoms with Crippen LogP contribution < -0.4 is 5.32 Å². The molecule has 0 unspecified atom stereocenters. The standard InChI is InChI=1S/C19H20F2N2O/c1-23(18-8-4-6-13-5-2-3-7-15(13)18)12-19(24)22-14-9-10-16(20)17(21)11-14/h2-3,5,7,9-11,18H,4,6,8,12H2,1H3,(H,22,24)/t18-/m1/s1. The van der Waals surface area contributed by atoms with Gasteiger partial charge in [0.05, 0.1) is 6.54 Å². The summed E-state index contributed by atoms with van der Waals surface area (Å²) >= 11 is 0. The Morgan fingerprint density at radius 1 is 1.21 bits per heavy atom. The molecule has 0 aromatic heterocycles. The van der Waals surface area contributed by atoms with Gasteiger partial charge < -0.3 is 5.32 Å². The molecule has 5 heteroatoms. The van der Waals surface area contributed by atoms with E-state index in [1.807, 2.05) is 24.1 Å². The molecular formula is C19H20F2N2O.